The highest BCUT2D eigenvalue weighted by Crippen LogP contribution is 2.58. The molecule has 0 radical (unpaired) electrons. The minimum Gasteiger partial charge on any atom is -0.373 e. The van der Waals surface area contributed by atoms with Gasteiger partial charge in [0.2, 0.25) is 6.41 Å². The number of hydroxylamine groups is 1. The van der Waals surface area contributed by atoms with Crippen molar-refractivity contribution in [3.8, 4) is 11.1 Å². The van der Waals surface area contributed by atoms with Gasteiger partial charge >= 0.3 is 0 Å². The number of halogens is 2. The van der Waals surface area contributed by atoms with Gasteiger partial charge in [-0.1, -0.05) is 43.2 Å². The van der Waals surface area contributed by atoms with Crippen molar-refractivity contribution in [3.05, 3.63) is 118 Å². The number of fused-ring (bicyclic) bond motifs is 2. The number of pyridine rings is 2. The molecule has 3 fully saturated rings. The lowest BCUT2D eigenvalue weighted by Crippen LogP contribution is -2.53. The molecule has 6 heterocycles. The van der Waals surface area contributed by atoms with E-state index in [4.69, 9.17) is 4.84 Å². The Morgan fingerprint density at radius 2 is 1.75 bits per heavy atom. The number of carbonyl (C=O) groups excluding carboxylic acids is 3. The number of hydrogen-bond donors (Lipinski definition) is 2. The number of benzene rings is 2. The lowest BCUT2D eigenvalue weighted by Gasteiger charge is -2.44. The first-order chi connectivity index (χ1) is 34.8. The largest absolute Gasteiger partial charge is 0.373 e. The molecule has 1 spiro atoms. The first-order valence-electron chi connectivity index (χ1n) is 26.1. The standard InChI is InChI=1S/C57H71F2N9O4/c1-7-8-52(55(70)63-36-69)68-51-11-9-42(28-48(51)57(18-19-57)40(5)72-68)34-65-25-26-67(38(3)33-65)35-41-14-23-66(24-15-41)56(71)45-29-49(58)54(50(59)30-45)43-16-21-64(22-17-43)32-37(2)27-47-39(4)61-20-13-46(47)44-10-12-53(60-6)62-31-44/h9-13,16,20,27-31,36,38,40-41,52H,7-8,14-15,17-19,21-26,32-35H2,1-6H3,(H,60,62)(H,63,69,70)/b37-27+. The Morgan fingerprint density at radius 3 is 2.40 bits per heavy atom. The van der Waals surface area contributed by atoms with Gasteiger partial charge in [0, 0.05) is 124 Å². The smallest absolute Gasteiger partial charge is 0.254 e. The quantitative estimate of drug-likeness (QED) is 0.105. The number of nitrogens with zero attached hydrogens (tertiary/aromatic N) is 7. The van der Waals surface area contributed by atoms with Gasteiger partial charge in [-0.15, -0.1) is 0 Å². The number of aromatic nitrogens is 2. The molecule has 9 rings (SSSR count). The summed E-state index contributed by atoms with van der Waals surface area (Å²) in [5.74, 6) is -0.826. The molecule has 2 saturated heterocycles. The number of anilines is 2. The third kappa shape index (κ3) is 10.9. The molecule has 13 nitrogen and oxygen atoms in total. The van der Waals surface area contributed by atoms with Crippen molar-refractivity contribution in [2.75, 3.05) is 76.3 Å². The number of rotatable bonds is 16. The Bertz CT molecular complexity index is 2680. The van der Waals surface area contributed by atoms with Crippen LogP contribution in [0.15, 0.2) is 72.6 Å². The maximum absolute atomic E-state index is 15.8. The van der Waals surface area contributed by atoms with Gasteiger partial charge in [-0.2, -0.15) is 0 Å². The lowest BCUT2D eigenvalue weighted by atomic mass is 9.86. The Hall–Kier alpha value is -5.87. The Balaban J connectivity index is 0.753. The molecule has 2 aromatic heterocycles. The zero-order chi connectivity index (χ0) is 50.7. The summed E-state index contributed by atoms with van der Waals surface area (Å²) in [5, 5.41) is 7.17. The molecule has 1 aliphatic carbocycles. The Kier molecular flexibility index (Phi) is 15.7. The third-order valence-corrected chi connectivity index (χ3v) is 16.0. The number of piperidine rings is 1. The van der Waals surface area contributed by atoms with Crippen LogP contribution in [-0.2, 0) is 26.4 Å². The van der Waals surface area contributed by atoms with E-state index < -0.39 is 17.7 Å². The van der Waals surface area contributed by atoms with E-state index in [1.807, 2.05) is 57.6 Å². The second kappa shape index (κ2) is 22.1. The molecule has 3 unspecified atom stereocenters. The van der Waals surface area contributed by atoms with Crippen molar-refractivity contribution in [2.45, 2.75) is 110 Å². The third-order valence-electron chi connectivity index (χ3n) is 16.0. The number of amides is 3. The summed E-state index contributed by atoms with van der Waals surface area (Å²) in [5.41, 5.74) is 9.19. The van der Waals surface area contributed by atoms with E-state index in [0.717, 1.165) is 104 Å². The zero-order valence-corrected chi connectivity index (χ0v) is 42.9. The highest BCUT2D eigenvalue weighted by Gasteiger charge is 2.55. The average molecular weight is 984 g/mol. The molecule has 0 bridgehead atoms. The number of hydrogen-bond acceptors (Lipinski definition) is 11. The van der Waals surface area contributed by atoms with Crippen LogP contribution in [0.5, 0.6) is 0 Å². The lowest BCUT2D eigenvalue weighted by molar-refractivity contribution is -0.129. The highest BCUT2D eigenvalue weighted by atomic mass is 19.1. The maximum atomic E-state index is 15.8. The van der Waals surface area contributed by atoms with Crippen molar-refractivity contribution in [1.82, 2.24) is 34.9 Å². The number of carbonyl (C=O) groups is 3. The fourth-order valence-corrected chi connectivity index (χ4v) is 11.7. The number of aryl methyl sites for hydroxylation is 1. The summed E-state index contributed by atoms with van der Waals surface area (Å²) in [6, 6.07) is 14.8. The van der Waals surface area contributed by atoms with Gasteiger partial charge < -0.3 is 10.2 Å². The molecular formula is C57H71F2N9O4. The van der Waals surface area contributed by atoms with Crippen LogP contribution in [0.3, 0.4) is 0 Å². The van der Waals surface area contributed by atoms with E-state index in [0.29, 0.717) is 69.5 Å². The number of imide groups is 1. The first kappa shape index (κ1) is 51.0. The Labute approximate surface area is 423 Å². The molecule has 72 heavy (non-hydrogen) atoms. The monoisotopic (exact) mass is 984 g/mol. The van der Waals surface area contributed by atoms with Crippen molar-refractivity contribution in [3.63, 3.8) is 0 Å². The van der Waals surface area contributed by atoms with Crippen molar-refractivity contribution in [2.24, 2.45) is 5.92 Å². The van der Waals surface area contributed by atoms with Crippen LogP contribution in [-0.4, -0.2) is 132 Å². The van der Waals surface area contributed by atoms with E-state index in [1.165, 1.54) is 23.3 Å². The van der Waals surface area contributed by atoms with Gasteiger partial charge in [0.05, 0.1) is 11.8 Å². The predicted molar refractivity (Wildman–Crippen MR) is 279 cm³/mol. The van der Waals surface area contributed by atoms with Crippen LogP contribution in [0.25, 0.3) is 22.8 Å². The van der Waals surface area contributed by atoms with E-state index in [1.54, 1.807) is 9.96 Å². The van der Waals surface area contributed by atoms with Gasteiger partial charge in [0.15, 0.2) is 0 Å². The van der Waals surface area contributed by atoms with Crippen LogP contribution < -0.4 is 15.7 Å². The summed E-state index contributed by atoms with van der Waals surface area (Å²) in [6.07, 6.45) is 13.7. The van der Waals surface area contributed by atoms with Gasteiger partial charge in [-0.25, -0.2) is 18.8 Å². The van der Waals surface area contributed by atoms with Gasteiger partial charge in [0.1, 0.15) is 23.5 Å². The molecule has 3 atom stereocenters. The van der Waals surface area contributed by atoms with E-state index in [2.05, 4.69) is 80.3 Å². The molecule has 4 aliphatic heterocycles. The number of nitrogens with one attached hydrogen (secondary N) is 2. The van der Waals surface area contributed by atoms with Crippen LogP contribution in [0, 0.1) is 24.5 Å². The highest BCUT2D eigenvalue weighted by molar-refractivity contribution is 5.95. The Morgan fingerprint density at radius 1 is 0.972 bits per heavy atom. The van der Waals surface area contributed by atoms with Gasteiger partial charge in [-0.05, 0) is 131 Å². The summed E-state index contributed by atoms with van der Waals surface area (Å²) < 4.78 is 31.7. The fraction of sp³-hybridized carbons (Fsp3) is 0.491. The summed E-state index contributed by atoms with van der Waals surface area (Å²) in [6.45, 7) is 18.2. The van der Waals surface area contributed by atoms with E-state index in [9.17, 15) is 14.4 Å². The molecule has 1 saturated carbocycles. The maximum Gasteiger partial charge on any atom is 0.254 e. The molecule has 5 aliphatic rings. The molecule has 2 N–H and O–H groups in total. The minimum absolute atomic E-state index is 0.0360. The molecular weight excluding hydrogens is 913 g/mol. The average Bonchev–Trinajstić information content (AvgIpc) is 4.18. The molecule has 15 heteroatoms. The second-order valence-electron chi connectivity index (χ2n) is 20.9. The SMILES string of the molecule is CCCC(C(=O)NC=O)N1OC(C)C2(CC2)c2cc(CN3CCN(CC4CCN(C(=O)c5cc(F)c(C6=CCN(C/C(C)=C/c7c(-c8ccc(NC)nc8)ccnc7C)CC6)c(F)c5)CC4)C(C)C3)ccc21. The molecule has 382 valence electrons. The predicted octanol–water partition coefficient (Wildman–Crippen LogP) is 8.64. The topological polar surface area (TPSA) is 126 Å². The second-order valence-corrected chi connectivity index (χ2v) is 20.9. The fourth-order valence-electron chi connectivity index (χ4n) is 11.7. The number of piperazine rings is 1. The van der Waals surface area contributed by atoms with Crippen molar-refractivity contribution < 1.29 is 28.0 Å². The van der Waals surface area contributed by atoms with Crippen molar-refractivity contribution >= 4 is 41.4 Å². The molecule has 4 aromatic rings. The minimum atomic E-state index is -0.693. The van der Waals surface area contributed by atoms with Crippen molar-refractivity contribution in [1.29, 1.82) is 0 Å². The van der Waals surface area contributed by atoms with Crippen LogP contribution in [0.4, 0.5) is 20.3 Å². The van der Waals surface area contributed by atoms with Crippen LogP contribution in [0.2, 0.25) is 0 Å². The van der Waals surface area contributed by atoms with E-state index >= 15 is 8.78 Å². The van der Waals surface area contributed by atoms with E-state index in [-0.39, 0.29) is 34.5 Å². The number of likely N-dealkylation sites (tertiary alicyclic amines) is 1. The summed E-state index contributed by atoms with van der Waals surface area (Å²) in [7, 11) is 1.85. The normalized spacial score (nSPS) is 21.3. The van der Waals surface area contributed by atoms with Gasteiger partial charge in [-0.3, -0.25) is 44.2 Å². The van der Waals surface area contributed by atoms with Crippen LogP contribution in [0.1, 0.15) is 111 Å². The summed E-state index contributed by atoms with van der Waals surface area (Å²) in [4.78, 5) is 62.5. The summed E-state index contributed by atoms with van der Waals surface area (Å²) >= 11 is 0. The molecule has 2 aromatic carbocycles. The van der Waals surface area contributed by atoms with Gasteiger partial charge in [0.25, 0.3) is 11.8 Å². The molecule has 3 amide bonds. The van der Waals surface area contributed by atoms with Crippen LogP contribution >= 0.6 is 0 Å². The zero-order valence-electron chi connectivity index (χ0n) is 42.9. The first-order valence-corrected chi connectivity index (χ1v) is 26.1.